The fourth-order valence-electron chi connectivity index (χ4n) is 2.09. The highest BCUT2D eigenvalue weighted by Crippen LogP contribution is 2.22. The molecule has 1 fully saturated rings. The number of nitro groups is 1. The van der Waals surface area contributed by atoms with Crippen molar-refractivity contribution in [1.82, 2.24) is 9.88 Å². The van der Waals surface area contributed by atoms with Crippen LogP contribution in [0.3, 0.4) is 0 Å². The maximum Gasteiger partial charge on any atom is 0.407 e. The molecule has 8 heteroatoms. The van der Waals surface area contributed by atoms with E-state index in [0.29, 0.717) is 32.0 Å². The summed E-state index contributed by atoms with van der Waals surface area (Å²) in [6.07, 6.45) is 0.305. The fourth-order valence-corrected chi connectivity index (χ4v) is 2.09. The van der Waals surface area contributed by atoms with Gasteiger partial charge in [-0.2, -0.15) is 0 Å². The first-order valence-electron chi connectivity index (χ1n) is 5.83. The first kappa shape index (κ1) is 13.1. The third-order valence-corrected chi connectivity index (χ3v) is 3.10. The summed E-state index contributed by atoms with van der Waals surface area (Å²) in [5.74, 6) is 0.677. The molecular formula is C11H14N4O4. The van der Waals surface area contributed by atoms with E-state index >= 15 is 0 Å². The molecule has 8 nitrogen and oxygen atoms in total. The van der Waals surface area contributed by atoms with Crippen LogP contribution in [-0.4, -0.2) is 52.2 Å². The first-order valence-corrected chi connectivity index (χ1v) is 5.83. The van der Waals surface area contributed by atoms with Crippen molar-refractivity contribution in [2.75, 3.05) is 31.1 Å². The molecule has 1 amide bonds. The number of nitrogens with zero attached hydrogens (tertiary/aromatic N) is 4. The number of carboxylic acid groups (broad SMARTS) is 1. The molecule has 0 saturated carbocycles. The maximum atomic E-state index is 10.8. The van der Waals surface area contributed by atoms with Gasteiger partial charge in [0, 0.05) is 32.2 Å². The number of hydrogen-bond donors (Lipinski definition) is 1. The lowest BCUT2D eigenvalue weighted by Gasteiger charge is -2.34. The molecule has 1 N–H and O–H groups in total. The van der Waals surface area contributed by atoms with Crippen molar-refractivity contribution >= 4 is 17.6 Å². The van der Waals surface area contributed by atoms with Gasteiger partial charge < -0.3 is 14.9 Å². The number of piperazine rings is 1. The minimum atomic E-state index is -0.923. The Bertz CT molecular complexity index is 511. The van der Waals surface area contributed by atoms with E-state index < -0.39 is 11.0 Å². The molecular weight excluding hydrogens is 252 g/mol. The monoisotopic (exact) mass is 266 g/mol. The molecule has 2 rings (SSSR count). The first-order chi connectivity index (χ1) is 8.99. The lowest BCUT2D eigenvalue weighted by Crippen LogP contribution is -2.48. The zero-order chi connectivity index (χ0) is 14.0. The molecule has 0 bridgehead atoms. The zero-order valence-electron chi connectivity index (χ0n) is 10.4. The van der Waals surface area contributed by atoms with Gasteiger partial charge in [0.05, 0.1) is 4.92 Å². The number of amides is 1. The summed E-state index contributed by atoms with van der Waals surface area (Å²) >= 11 is 0. The molecule has 0 aromatic carbocycles. The summed E-state index contributed by atoms with van der Waals surface area (Å²) < 4.78 is 0. The maximum absolute atomic E-state index is 10.8. The van der Waals surface area contributed by atoms with Gasteiger partial charge in [0.15, 0.2) is 0 Å². The van der Waals surface area contributed by atoms with Gasteiger partial charge in [-0.25, -0.2) is 9.78 Å². The third-order valence-electron chi connectivity index (χ3n) is 3.10. The van der Waals surface area contributed by atoms with Gasteiger partial charge in [0.25, 0.3) is 5.69 Å². The highest BCUT2D eigenvalue weighted by Gasteiger charge is 2.22. The number of hydrogen-bond acceptors (Lipinski definition) is 5. The highest BCUT2D eigenvalue weighted by atomic mass is 16.6. The second kappa shape index (κ2) is 5.09. The van der Waals surface area contributed by atoms with Gasteiger partial charge in [-0.1, -0.05) is 0 Å². The lowest BCUT2D eigenvalue weighted by molar-refractivity contribution is -0.385. The van der Waals surface area contributed by atoms with Crippen LogP contribution in [-0.2, 0) is 0 Å². The van der Waals surface area contributed by atoms with Gasteiger partial charge in [0.2, 0.25) is 0 Å². The van der Waals surface area contributed by atoms with Crippen LogP contribution in [0.5, 0.6) is 0 Å². The predicted molar refractivity (Wildman–Crippen MR) is 67.4 cm³/mol. The van der Waals surface area contributed by atoms with E-state index in [0.717, 1.165) is 5.56 Å². The van der Waals surface area contributed by atoms with E-state index in [1.165, 1.54) is 17.2 Å². The molecule has 1 aromatic rings. The molecule has 1 saturated heterocycles. The Morgan fingerprint density at radius 3 is 2.53 bits per heavy atom. The third kappa shape index (κ3) is 2.72. The quantitative estimate of drug-likeness (QED) is 0.635. The Morgan fingerprint density at radius 2 is 2.05 bits per heavy atom. The van der Waals surface area contributed by atoms with Gasteiger partial charge >= 0.3 is 6.09 Å². The van der Waals surface area contributed by atoms with Crippen LogP contribution in [0.15, 0.2) is 12.3 Å². The summed E-state index contributed by atoms with van der Waals surface area (Å²) in [5.41, 5.74) is 0.684. The van der Waals surface area contributed by atoms with Crippen molar-refractivity contribution in [1.29, 1.82) is 0 Å². The second-order valence-corrected chi connectivity index (χ2v) is 4.35. The lowest BCUT2D eigenvalue weighted by atomic mass is 10.2. The Labute approximate surface area is 109 Å². The van der Waals surface area contributed by atoms with E-state index in [9.17, 15) is 14.9 Å². The largest absolute Gasteiger partial charge is 0.465 e. The molecule has 19 heavy (non-hydrogen) atoms. The molecule has 102 valence electrons. The van der Waals surface area contributed by atoms with Gasteiger partial charge in [-0.05, 0) is 12.5 Å². The normalized spacial score (nSPS) is 15.4. The standard InChI is InChI=1S/C11H14N4O4/c1-8-6-9(15(18)19)7-12-10(8)13-2-4-14(5-3-13)11(16)17/h6-7H,2-5H2,1H3,(H,16,17). The average molecular weight is 266 g/mol. The van der Waals surface area contributed by atoms with Gasteiger partial charge in [0.1, 0.15) is 12.0 Å². The molecule has 0 atom stereocenters. The van der Waals surface area contributed by atoms with Crippen molar-refractivity contribution in [2.24, 2.45) is 0 Å². The van der Waals surface area contributed by atoms with Crippen LogP contribution in [0.1, 0.15) is 5.56 Å². The summed E-state index contributed by atoms with van der Waals surface area (Å²) in [5, 5.41) is 19.5. The molecule has 0 aliphatic carbocycles. The van der Waals surface area contributed by atoms with Crippen molar-refractivity contribution in [2.45, 2.75) is 6.92 Å². The Kier molecular flexibility index (Phi) is 3.50. The zero-order valence-corrected chi connectivity index (χ0v) is 10.4. The fraction of sp³-hybridized carbons (Fsp3) is 0.455. The van der Waals surface area contributed by atoms with Crippen LogP contribution >= 0.6 is 0 Å². The van der Waals surface area contributed by atoms with Crippen LogP contribution < -0.4 is 4.90 Å². The predicted octanol–water partition coefficient (Wildman–Crippen LogP) is 1.10. The number of pyridine rings is 1. The minimum Gasteiger partial charge on any atom is -0.465 e. The van der Waals surface area contributed by atoms with Crippen molar-refractivity contribution in [3.63, 3.8) is 0 Å². The van der Waals surface area contributed by atoms with Crippen LogP contribution in [0, 0.1) is 17.0 Å². The molecule has 1 aliphatic heterocycles. The van der Waals surface area contributed by atoms with Crippen LogP contribution in [0.4, 0.5) is 16.3 Å². The van der Waals surface area contributed by atoms with Crippen molar-refractivity contribution < 1.29 is 14.8 Å². The van der Waals surface area contributed by atoms with E-state index in [1.54, 1.807) is 6.92 Å². The number of rotatable bonds is 2. The molecule has 1 aliphatic rings. The molecule has 0 spiro atoms. The van der Waals surface area contributed by atoms with E-state index in [-0.39, 0.29) is 5.69 Å². The average Bonchev–Trinajstić information content (AvgIpc) is 2.38. The number of carbonyl (C=O) groups is 1. The van der Waals surface area contributed by atoms with Crippen molar-refractivity contribution in [3.8, 4) is 0 Å². The number of aromatic nitrogens is 1. The second-order valence-electron chi connectivity index (χ2n) is 4.35. The van der Waals surface area contributed by atoms with Crippen LogP contribution in [0.25, 0.3) is 0 Å². The van der Waals surface area contributed by atoms with E-state index in [4.69, 9.17) is 5.11 Å². The Hall–Kier alpha value is -2.38. The van der Waals surface area contributed by atoms with E-state index in [1.807, 2.05) is 4.90 Å². The summed E-state index contributed by atoms with van der Waals surface area (Å²) in [6.45, 7) is 3.66. The van der Waals surface area contributed by atoms with Crippen molar-refractivity contribution in [3.05, 3.63) is 27.9 Å². The number of anilines is 1. The van der Waals surface area contributed by atoms with E-state index in [2.05, 4.69) is 4.98 Å². The molecule has 0 unspecified atom stereocenters. The molecule has 1 aromatic heterocycles. The van der Waals surface area contributed by atoms with Crippen LogP contribution in [0.2, 0.25) is 0 Å². The molecule has 0 radical (unpaired) electrons. The van der Waals surface area contributed by atoms with Gasteiger partial charge in [-0.3, -0.25) is 10.1 Å². The van der Waals surface area contributed by atoms with Gasteiger partial charge in [-0.15, -0.1) is 0 Å². The summed E-state index contributed by atoms with van der Waals surface area (Å²) in [6, 6.07) is 1.48. The SMILES string of the molecule is Cc1cc([N+](=O)[O-])cnc1N1CCN(C(=O)O)CC1. The minimum absolute atomic E-state index is 0.0366. The Morgan fingerprint density at radius 1 is 1.42 bits per heavy atom. The summed E-state index contributed by atoms with van der Waals surface area (Å²) in [7, 11) is 0. The topological polar surface area (TPSA) is 99.8 Å². The number of aryl methyl sites for hydroxylation is 1. The Balaban J connectivity index is 2.11. The molecule has 2 heterocycles. The highest BCUT2D eigenvalue weighted by molar-refractivity contribution is 5.65. The smallest absolute Gasteiger partial charge is 0.407 e. The summed E-state index contributed by atoms with van der Waals surface area (Å²) in [4.78, 5) is 28.4.